The van der Waals surface area contributed by atoms with Gasteiger partial charge in [0.05, 0.1) is 23.8 Å². The standard InChI is InChI=1S/C23H21BrN6O/c1-15(16-4-8-19(9-5-16)29-13-12-25-14-29)26-23(31)21-22(17-2-3-17)30(28-27-21)20-10-6-18(24)7-11-20/h4-15,17H,2-3H2,1H3,(H,26,31). The van der Waals surface area contributed by atoms with E-state index in [1.54, 1.807) is 17.2 Å². The normalized spacial score (nSPS) is 14.4. The fourth-order valence-electron chi connectivity index (χ4n) is 3.64. The molecule has 1 amide bonds. The Morgan fingerprint density at radius 3 is 2.45 bits per heavy atom. The molecule has 1 N–H and O–H groups in total. The van der Waals surface area contributed by atoms with Crippen LogP contribution in [-0.4, -0.2) is 30.5 Å². The van der Waals surface area contributed by atoms with Gasteiger partial charge in [-0.25, -0.2) is 9.67 Å². The fraction of sp³-hybridized carbons (Fsp3) is 0.217. The van der Waals surface area contributed by atoms with E-state index in [-0.39, 0.29) is 11.9 Å². The molecule has 4 aromatic rings. The Bertz CT molecular complexity index is 1190. The molecule has 31 heavy (non-hydrogen) atoms. The summed E-state index contributed by atoms with van der Waals surface area (Å²) in [7, 11) is 0. The summed E-state index contributed by atoms with van der Waals surface area (Å²) in [5, 5.41) is 11.6. The molecule has 0 spiro atoms. The van der Waals surface area contributed by atoms with Crippen molar-refractivity contribution in [2.75, 3.05) is 0 Å². The first kappa shape index (κ1) is 19.7. The smallest absolute Gasteiger partial charge is 0.274 e. The molecule has 7 nitrogen and oxygen atoms in total. The van der Waals surface area contributed by atoms with Gasteiger partial charge in [0, 0.05) is 28.5 Å². The number of nitrogens with one attached hydrogen (secondary N) is 1. The number of imidazole rings is 1. The van der Waals surface area contributed by atoms with E-state index >= 15 is 0 Å². The number of aromatic nitrogens is 5. The fourth-order valence-corrected chi connectivity index (χ4v) is 3.91. The van der Waals surface area contributed by atoms with E-state index in [4.69, 9.17) is 0 Å². The maximum atomic E-state index is 13.1. The van der Waals surface area contributed by atoms with Gasteiger partial charge in [-0.1, -0.05) is 33.3 Å². The minimum Gasteiger partial charge on any atom is -0.344 e. The van der Waals surface area contributed by atoms with Crippen molar-refractivity contribution in [1.82, 2.24) is 29.9 Å². The highest BCUT2D eigenvalue weighted by atomic mass is 79.9. The van der Waals surface area contributed by atoms with E-state index in [0.29, 0.717) is 11.6 Å². The molecule has 1 atom stereocenters. The van der Waals surface area contributed by atoms with Crippen molar-refractivity contribution in [3.8, 4) is 11.4 Å². The van der Waals surface area contributed by atoms with Crippen LogP contribution < -0.4 is 5.32 Å². The van der Waals surface area contributed by atoms with Crippen LogP contribution in [0.3, 0.4) is 0 Å². The number of rotatable bonds is 6. The third kappa shape index (κ3) is 4.03. The summed E-state index contributed by atoms with van der Waals surface area (Å²) < 4.78 is 4.73. The van der Waals surface area contributed by atoms with Gasteiger partial charge in [-0.2, -0.15) is 0 Å². The first-order chi connectivity index (χ1) is 15.1. The first-order valence-electron chi connectivity index (χ1n) is 10.2. The molecule has 5 rings (SSSR count). The molecule has 0 bridgehead atoms. The second kappa shape index (κ2) is 8.11. The summed E-state index contributed by atoms with van der Waals surface area (Å²) in [5.74, 6) is 0.126. The van der Waals surface area contributed by atoms with Gasteiger partial charge in [-0.15, -0.1) is 5.10 Å². The highest BCUT2D eigenvalue weighted by Gasteiger charge is 2.34. The van der Waals surface area contributed by atoms with Gasteiger partial charge in [-0.05, 0) is 61.7 Å². The van der Waals surface area contributed by atoms with Gasteiger partial charge in [0.1, 0.15) is 0 Å². The second-order valence-corrected chi connectivity index (χ2v) is 8.66. The number of carbonyl (C=O) groups excluding carboxylic acids is 1. The molecule has 2 aromatic heterocycles. The van der Waals surface area contributed by atoms with Gasteiger partial charge in [0.2, 0.25) is 0 Å². The third-order valence-electron chi connectivity index (χ3n) is 5.50. The van der Waals surface area contributed by atoms with E-state index in [1.807, 2.05) is 66.2 Å². The lowest BCUT2D eigenvalue weighted by Crippen LogP contribution is -2.28. The Labute approximate surface area is 188 Å². The first-order valence-corrected chi connectivity index (χ1v) is 11.0. The van der Waals surface area contributed by atoms with Crippen LogP contribution in [0.4, 0.5) is 0 Å². The summed E-state index contributed by atoms with van der Waals surface area (Å²) in [6.45, 7) is 1.97. The van der Waals surface area contributed by atoms with E-state index in [2.05, 4.69) is 36.5 Å². The topological polar surface area (TPSA) is 77.6 Å². The number of benzene rings is 2. The molecule has 1 unspecified atom stereocenters. The van der Waals surface area contributed by atoms with Crippen molar-refractivity contribution in [2.45, 2.75) is 31.7 Å². The predicted molar refractivity (Wildman–Crippen MR) is 120 cm³/mol. The Morgan fingerprint density at radius 1 is 1.10 bits per heavy atom. The van der Waals surface area contributed by atoms with Crippen molar-refractivity contribution in [3.63, 3.8) is 0 Å². The maximum Gasteiger partial charge on any atom is 0.274 e. The third-order valence-corrected chi connectivity index (χ3v) is 6.03. The Hall–Kier alpha value is -3.26. The molecule has 0 aliphatic heterocycles. The maximum absolute atomic E-state index is 13.1. The largest absolute Gasteiger partial charge is 0.344 e. The lowest BCUT2D eigenvalue weighted by atomic mass is 10.1. The summed E-state index contributed by atoms with van der Waals surface area (Å²) in [5.41, 5.74) is 4.24. The van der Waals surface area contributed by atoms with Crippen LogP contribution in [0.2, 0.25) is 0 Å². The lowest BCUT2D eigenvalue weighted by molar-refractivity contribution is 0.0933. The SMILES string of the molecule is CC(NC(=O)c1nnn(-c2ccc(Br)cc2)c1C1CC1)c1ccc(-n2ccnc2)cc1. The van der Waals surface area contributed by atoms with Crippen molar-refractivity contribution in [2.24, 2.45) is 0 Å². The molecular formula is C23H21BrN6O. The van der Waals surface area contributed by atoms with Crippen molar-refractivity contribution < 1.29 is 4.79 Å². The van der Waals surface area contributed by atoms with Crippen molar-refractivity contribution in [1.29, 1.82) is 0 Å². The highest BCUT2D eigenvalue weighted by Crippen LogP contribution is 2.42. The number of hydrogen-bond donors (Lipinski definition) is 1. The number of amides is 1. The van der Waals surface area contributed by atoms with Crippen LogP contribution in [0.25, 0.3) is 11.4 Å². The molecule has 1 aliphatic rings. The number of hydrogen-bond acceptors (Lipinski definition) is 4. The van der Waals surface area contributed by atoms with Crippen LogP contribution >= 0.6 is 15.9 Å². The summed E-state index contributed by atoms with van der Waals surface area (Å²) in [6, 6.07) is 15.8. The van der Waals surface area contributed by atoms with Gasteiger partial charge in [0.25, 0.3) is 5.91 Å². The van der Waals surface area contributed by atoms with Crippen molar-refractivity contribution >= 4 is 21.8 Å². The Kier molecular flexibility index (Phi) is 5.15. The summed E-state index contributed by atoms with van der Waals surface area (Å²) in [6.07, 6.45) is 7.50. The molecule has 1 aliphatic carbocycles. The van der Waals surface area contributed by atoms with E-state index in [0.717, 1.165) is 39.9 Å². The molecule has 8 heteroatoms. The second-order valence-electron chi connectivity index (χ2n) is 7.74. The minimum absolute atomic E-state index is 0.158. The zero-order valence-corrected chi connectivity index (χ0v) is 18.5. The zero-order chi connectivity index (χ0) is 21.4. The average Bonchev–Trinajstić information content (AvgIpc) is 3.29. The molecule has 0 radical (unpaired) electrons. The Balaban J connectivity index is 1.36. The van der Waals surface area contributed by atoms with E-state index in [9.17, 15) is 4.79 Å². The molecule has 2 aromatic carbocycles. The monoisotopic (exact) mass is 476 g/mol. The predicted octanol–water partition coefficient (Wildman–Crippen LogP) is 4.58. The van der Waals surface area contributed by atoms with Crippen molar-refractivity contribution in [3.05, 3.63) is 88.7 Å². The molecular weight excluding hydrogens is 456 g/mol. The number of carbonyl (C=O) groups is 1. The van der Waals surface area contributed by atoms with Crippen LogP contribution in [0.1, 0.15) is 53.5 Å². The van der Waals surface area contributed by atoms with Gasteiger partial charge in [0.15, 0.2) is 5.69 Å². The van der Waals surface area contributed by atoms with E-state index in [1.165, 1.54) is 0 Å². The van der Waals surface area contributed by atoms with Crippen LogP contribution in [0.15, 0.2) is 71.7 Å². The molecule has 2 heterocycles. The molecule has 0 saturated heterocycles. The Morgan fingerprint density at radius 2 is 1.81 bits per heavy atom. The van der Waals surface area contributed by atoms with Crippen LogP contribution in [0.5, 0.6) is 0 Å². The average molecular weight is 477 g/mol. The minimum atomic E-state index is -0.198. The summed E-state index contributed by atoms with van der Waals surface area (Å²) >= 11 is 3.46. The van der Waals surface area contributed by atoms with Gasteiger partial charge in [-0.3, -0.25) is 4.79 Å². The van der Waals surface area contributed by atoms with Crippen LogP contribution in [-0.2, 0) is 0 Å². The van der Waals surface area contributed by atoms with Crippen LogP contribution in [0, 0.1) is 0 Å². The molecule has 1 saturated carbocycles. The molecule has 1 fully saturated rings. The van der Waals surface area contributed by atoms with E-state index < -0.39 is 0 Å². The van der Waals surface area contributed by atoms with Gasteiger partial charge >= 0.3 is 0 Å². The quantitative estimate of drug-likeness (QED) is 0.441. The molecule has 156 valence electrons. The highest BCUT2D eigenvalue weighted by molar-refractivity contribution is 9.10. The summed E-state index contributed by atoms with van der Waals surface area (Å²) in [4.78, 5) is 17.2. The number of nitrogens with zero attached hydrogens (tertiary/aromatic N) is 5. The number of halogens is 1. The van der Waals surface area contributed by atoms with Gasteiger partial charge < -0.3 is 9.88 Å². The lowest BCUT2D eigenvalue weighted by Gasteiger charge is -2.15. The zero-order valence-electron chi connectivity index (χ0n) is 16.9.